The van der Waals surface area contributed by atoms with Crippen molar-refractivity contribution >= 4 is 0 Å². The average molecular weight is 259 g/mol. The second-order valence-corrected chi connectivity index (χ2v) is 4.88. The molecule has 0 aliphatic heterocycles. The molecule has 0 aliphatic rings. The smallest absolute Gasteiger partial charge is 0.227 e. The number of nitrogens with one attached hydrogen (secondary N) is 1. The van der Waals surface area contributed by atoms with E-state index >= 15 is 0 Å². The lowest BCUT2D eigenvalue weighted by Gasteiger charge is -2.01. The Labute approximate surface area is 114 Å². The third kappa shape index (κ3) is 4.17. The number of hydrogen-bond donors (Lipinski definition) is 1. The van der Waals surface area contributed by atoms with Gasteiger partial charge in [0.1, 0.15) is 0 Å². The van der Waals surface area contributed by atoms with Crippen molar-refractivity contribution < 1.29 is 4.52 Å². The number of likely N-dealkylation sites (N-methyl/N-ethyl adjacent to an activating group) is 1. The summed E-state index contributed by atoms with van der Waals surface area (Å²) >= 11 is 0. The van der Waals surface area contributed by atoms with E-state index in [-0.39, 0.29) is 0 Å². The number of aryl methyl sites for hydroxylation is 2. The number of benzene rings is 1. The van der Waals surface area contributed by atoms with Crippen LogP contribution in [0, 0.1) is 13.8 Å². The van der Waals surface area contributed by atoms with Gasteiger partial charge in [0.2, 0.25) is 5.89 Å². The van der Waals surface area contributed by atoms with E-state index in [9.17, 15) is 0 Å². The van der Waals surface area contributed by atoms with E-state index in [4.69, 9.17) is 4.52 Å². The summed E-state index contributed by atoms with van der Waals surface area (Å²) in [6.45, 7) is 8.13. The molecule has 0 saturated heterocycles. The number of nitrogens with zero attached hydrogens (tertiary/aromatic N) is 2. The first-order valence-electron chi connectivity index (χ1n) is 6.76. The molecule has 4 heteroatoms. The fourth-order valence-electron chi connectivity index (χ4n) is 2.19. The number of hydrogen-bond acceptors (Lipinski definition) is 4. The van der Waals surface area contributed by atoms with Crippen LogP contribution in [0.3, 0.4) is 0 Å². The molecule has 0 aliphatic carbocycles. The fraction of sp³-hybridized carbons (Fsp3) is 0.467. The van der Waals surface area contributed by atoms with Crippen molar-refractivity contribution in [3.05, 3.63) is 46.6 Å². The SMILES string of the molecule is CCNCCc1nc(Cc2cc(C)cc(C)c2)no1. The third-order valence-corrected chi connectivity index (χ3v) is 2.92. The zero-order valence-corrected chi connectivity index (χ0v) is 11.9. The summed E-state index contributed by atoms with van der Waals surface area (Å²) in [5.74, 6) is 1.47. The molecular formula is C15H21N3O. The van der Waals surface area contributed by atoms with Crippen LogP contribution in [0.2, 0.25) is 0 Å². The van der Waals surface area contributed by atoms with Gasteiger partial charge in [-0.1, -0.05) is 41.4 Å². The van der Waals surface area contributed by atoms with Crippen molar-refractivity contribution in [2.45, 2.75) is 33.6 Å². The van der Waals surface area contributed by atoms with Gasteiger partial charge in [-0.25, -0.2) is 0 Å². The molecule has 1 heterocycles. The Balaban J connectivity index is 1.99. The predicted octanol–water partition coefficient (Wildman–Crippen LogP) is 2.43. The first-order chi connectivity index (χ1) is 9.17. The molecule has 0 spiro atoms. The van der Waals surface area contributed by atoms with Crippen molar-refractivity contribution in [2.75, 3.05) is 13.1 Å². The van der Waals surface area contributed by atoms with Crippen LogP contribution in [0.1, 0.15) is 35.3 Å². The van der Waals surface area contributed by atoms with Gasteiger partial charge in [0, 0.05) is 19.4 Å². The molecule has 19 heavy (non-hydrogen) atoms. The Morgan fingerprint density at radius 2 is 1.89 bits per heavy atom. The Morgan fingerprint density at radius 1 is 1.16 bits per heavy atom. The highest BCUT2D eigenvalue weighted by atomic mass is 16.5. The van der Waals surface area contributed by atoms with E-state index < -0.39 is 0 Å². The standard InChI is InChI=1S/C15H21N3O/c1-4-16-6-5-15-17-14(18-19-15)10-13-8-11(2)7-12(3)9-13/h7-9,16H,4-6,10H2,1-3H3. The molecule has 1 aromatic carbocycles. The monoisotopic (exact) mass is 259 g/mol. The molecule has 0 atom stereocenters. The van der Waals surface area contributed by atoms with E-state index in [1.807, 2.05) is 0 Å². The van der Waals surface area contributed by atoms with Crippen molar-refractivity contribution in [3.8, 4) is 0 Å². The molecular weight excluding hydrogens is 238 g/mol. The van der Waals surface area contributed by atoms with Crippen molar-refractivity contribution in [2.24, 2.45) is 0 Å². The van der Waals surface area contributed by atoms with Crippen LogP contribution in [-0.2, 0) is 12.8 Å². The second kappa shape index (κ2) is 6.48. The molecule has 2 rings (SSSR count). The molecule has 102 valence electrons. The van der Waals surface area contributed by atoms with E-state index in [0.717, 1.165) is 31.8 Å². The Bertz CT molecular complexity index is 514. The maximum atomic E-state index is 5.24. The Hall–Kier alpha value is -1.68. The highest BCUT2D eigenvalue weighted by molar-refractivity contribution is 5.30. The summed E-state index contributed by atoms with van der Waals surface area (Å²) in [6, 6.07) is 6.50. The lowest BCUT2D eigenvalue weighted by Crippen LogP contribution is -2.16. The minimum absolute atomic E-state index is 0.709. The largest absolute Gasteiger partial charge is 0.339 e. The minimum Gasteiger partial charge on any atom is -0.339 e. The molecule has 2 aromatic rings. The highest BCUT2D eigenvalue weighted by Crippen LogP contribution is 2.12. The van der Waals surface area contributed by atoms with Gasteiger partial charge >= 0.3 is 0 Å². The molecule has 4 nitrogen and oxygen atoms in total. The average Bonchev–Trinajstić information content (AvgIpc) is 2.76. The molecule has 0 amide bonds. The van der Waals surface area contributed by atoms with Crippen LogP contribution in [0.15, 0.2) is 22.7 Å². The zero-order valence-electron chi connectivity index (χ0n) is 11.9. The van der Waals surface area contributed by atoms with E-state index in [0.29, 0.717) is 5.89 Å². The summed E-state index contributed by atoms with van der Waals surface area (Å²) in [5.41, 5.74) is 3.77. The fourth-order valence-corrected chi connectivity index (χ4v) is 2.19. The van der Waals surface area contributed by atoms with Gasteiger partial charge in [-0.2, -0.15) is 4.98 Å². The molecule has 0 radical (unpaired) electrons. The van der Waals surface area contributed by atoms with Crippen molar-refractivity contribution in [1.82, 2.24) is 15.5 Å². The summed E-state index contributed by atoms with van der Waals surface area (Å²) in [7, 11) is 0. The van der Waals surface area contributed by atoms with Gasteiger partial charge in [0.25, 0.3) is 0 Å². The lowest BCUT2D eigenvalue weighted by atomic mass is 10.1. The van der Waals surface area contributed by atoms with Crippen molar-refractivity contribution in [3.63, 3.8) is 0 Å². The summed E-state index contributed by atoms with van der Waals surface area (Å²) < 4.78 is 5.24. The maximum Gasteiger partial charge on any atom is 0.227 e. The first kappa shape index (κ1) is 13.7. The van der Waals surface area contributed by atoms with Crippen LogP contribution in [0.4, 0.5) is 0 Å². The van der Waals surface area contributed by atoms with Crippen LogP contribution in [0.25, 0.3) is 0 Å². The molecule has 0 bridgehead atoms. The van der Waals surface area contributed by atoms with Gasteiger partial charge in [-0.3, -0.25) is 0 Å². The number of aromatic nitrogens is 2. The minimum atomic E-state index is 0.709. The molecule has 1 aromatic heterocycles. The first-order valence-corrected chi connectivity index (χ1v) is 6.76. The van der Waals surface area contributed by atoms with Gasteiger partial charge in [-0.05, 0) is 26.0 Å². The Morgan fingerprint density at radius 3 is 2.58 bits per heavy atom. The van der Waals surface area contributed by atoms with Gasteiger partial charge in [0.15, 0.2) is 5.82 Å². The zero-order chi connectivity index (χ0) is 13.7. The van der Waals surface area contributed by atoms with Gasteiger partial charge < -0.3 is 9.84 Å². The molecule has 1 N–H and O–H groups in total. The van der Waals surface area contributed by atoms with Gasteiger partial charge in [0.05, 0.1) is 0 Å². The summed E-state index contributed by atoms with van der Waals surface area (Å²) in [4.78, 5) is 4.42. The molecule has 0 unspecified atom stereocenters. The summed E-state index contributed by atoms with van der Waals surface area (Å²) in [6.07, 6.45) is 1.51. The van der Waals surface area contributed by atoms with E-state index in [1.165, 1.54) is 16.7 Å². The normalized spacial score (nSPS) is 10.9. The van der Waals surface area contributed by atoms with Crippen LogP contribution >= 0.6 is 0 Å². The molecule has 0 saturated carbocycles. The third-order valence-electron chi connectivity index (χ3n) is 2.92. The summed E-state index contributed by atoms with van der Waals surface area (Å²) in [5, 5.41) is 7.28. The Kier molecular flexibility index (Phi) is 4.68. The van der Waals surface area contributed by atoms with Gasteiger partial charge in [-0.15, -0.1) is 0 Å². The maximum absolute atomic E-state index is 5.24. The van der Waals surface area contributed by atoms with Crippen LogP contribution in [-0.4, -0.2) is 23.2 Å². The number of rotatable bonds is 6. The van der Waals surface area contributed by atoms with Crippen molar-refractivity contribution in [1.29, 1.82) is 0 Å². The topological polar surface area (TPSA) is 51.0 Å². The quantitative estimate of drug-likeness (QED) is 0.809. The predicted molar refractivity (Wildman–Crippen MR) is 75.3 cm³/mol. The second-order valence-electron chi connectivity index (χ2n) is 4.88. The molecule has 0 fully saturated rings. The lowest BCUT2D eigenvalue weighted by molar-refractivity contribution is 0.372. The van der Waals surface area contributed by atoms with E-state index in [1.54, 1.807) is 0 Å². The van der Waals surface area contributed by atoms with Crippen LogP contribution in [0.5, 0.6) is 0 Å². The van der Waals surface area contributed by atoms with E-state index in [2.05, 4.69) is 54.4 Å². The highest BCUT2D eigenvalue weighted by Gasteiger charge is 2.07. The van der Waals surface area contributed by atoms with Crippen LogP contribution < -0.4 is 5.32 Å².